The minimum atomic E-state index is 0.631. The standard InChI is InChI=1S/C23H23O2/c1-3-24-21-16-10-8-14-19(21)23(18-12-6-5-7-13-18)20-15-9-11-17-22(20)25-4-2/h5-17H,3-4H2,1-2H3. The van der Waals surface area contributed by atoms with Crippen LogP contribution in [0.15, 0.2) is 78.9 Å². The van der Waals surface area contributed by atoms with Gasteiger partial charge in [0.05, 0.1) is 19.1 Å². The van der Waals surface area contributed by atoms with Gasteiger partial charge in [0.15, 0.2) is 0 Å². The van der Waals surface area contributed by atoms with Gasteiger partial charge in [-0.15, -0.1) is 0 Å². The summed E-state index contributed by atoms with van der Waals surface area (Å²) in [5.41, 5.74) is 3.28. The number of rotatable bonds is 7. The molecule has 0 aliphatic heterocycles. The summed E-state index contributed by atoms with van der Waals surface area (Å²) in [5.74, 6) is 2.89. The van der Waals surface area contributed by atoms with Crippen molar-refractivity contribution < 1.29 is 9.47 Å². The quantitative estimate of drug-likeness (QED) is 0.532. The van der Waals surface area contributed by atoms with Crippen LogP contribution in [-0.2, 0) is 0 Å². The predicted octanol–water partition coefficient (Wildman–Crippen LogP) is 5.50. The molecule has 0 amide bonds. The van der Waals surface area contributed by atoms with E-state index in [1.165, 1.54) is 0 Å². The van der Waals surface area contributed by atoms with E-state index in [-0.39, 0.29) is 0 Å². The molecule has 127 valence electrons. The molecule has 0 saturated carbocycles. The van der Waals surface area contributed by atoms with Gasteiger partial charge in [-0.3, -0.25) is 0 Å². The molecule has 0 heterocycles. The number of hydrogen-bond donors (Lipinski definition) is 0. The average molecular weight is 331 g/mol. The summed E-state index contributed by atoms with van der Waals surface area (Å²) in [7, 11) is 0. The molecule has 0 saturated heterocycles. The second kappa shape index (κ2) is 8.39. The molecule has 3 aromatic rings. The summed E-state index contributed by atoms with van der Waals surface area (Å²) in [6.07, 6.45) is 0. The molecule has 0 unspecified atom stereocenters. The van der Waals surface area contributed by atoms with Crippen LogP contribution < -0.4 is 9.47 Å². The largest absolute Gasteiger partial charge is 0.494 e. The Morgan fingerprint density at radius 1 is 0.600 bits per heavy atom. The summed E-state index contributed by atoms with van der Waals surface area (Å²) in [5, 5.41) is 0. The Morgan fingerprint density at radius 2 is 1.04 bits per heavy atom. The Kier molecular flexibility index (Phi) is 5.73. The molecule has 1 radical (unpaired) electrons. The topological polar surface area (TPSA) is 18.5 Å². The summed E-state index contributed by atoms with van der Waals surface area (Å²) in [4.78, 5) is 0. The lowest BCUT2D eigenvalue weighted by molar-refractivity contribution is 0.335. The van der Waals surface area contributed by atoms with Crippen molar-refractivity contribution in [2.75, 3.05) is 13.2 Å². The van der Waals surface area contributed by atoms with Crippen molar-refractivity contribution in [1.29, 1.82) is 0 Å². The van der Waals surface area contributed by atoms with E-state index in [9.17, 15) is 0 Å². The lowest BCUT2D eigenvalue weighted by Crippen LogP contribution is -2.09. The fraction of sp³-hybridized carbons (Fsp3) is 0.174. The lowest BCUT2D eigenvalue weighted by Gasteiger charge is -2.23. The minimum absolute atomic E-state index is 0.631. The molecular formula is C23H23O2. The number of benzene rings is 3. The molecule has 0 aliphatic carbocycles. The first-order chi connectivity index (χ1) is 12.3. The molecule has 0 aromatic heterocycles. The zero-order chi connectivity index (χ0) is 17.5. The molecule has 3 rings (SSSR count). The maximum absolute atomic E-state index is 5.90. The smallest absolute Gasteiger partial charge is 0.123 e. The maximum Gasteiger partial charge on any atom is 0.123 e. The maximum atomic E-state index is 5.90. The third-order valence-corrected chi connectivity index (χ3v) is 3.97. The van der Waals surface area contributed by atoms with Crippen molar-refractivity contribution in [2.24, 2.45) is 0 Å². The van der Waals surface area contributed by atoms with Gasteiger partial charge in [0, 0.05) is 11.1 Å². The Labute approximate surface area is 150 Å². The number of hydrogen-bond acceptors (Lipinski definition) is 2. The molecule has 0 atom stereocenters. The van der Waals surface area contributed by atoms with Crippen LogP contribution in [0.4, 0.5) is 0 Å². The highest BCUT2D eigenvalue weighted by atomic mass is 16.5. The first kappa shape index (κ1) is 17.1. The molecule has 0 spiro atoms. The van der Waals surface area contributed by atoms with E-state index in [1.54, 1.807) is 0 Å². The third-order valence-electron chi connectivity index (χ3n) is 3.97. The van der Waals surface area contributed by atoms with Gasteiger partial charge in [-0.05, 0) is 31.5 Å². The van der Waals surface area contributed by atoms with Gasteiger partial charge in [0.2, 0.25) is 0 Å². The van der Waals surface area contributed by atoms with E-state index in [0.717, 1.165) is 34.1 Å². The Morgan fingerprint density at radius 3 is 1.52 bits per heavy atom. The van der Waals surface area contributed by atoms with E-state index < -0.39 is 0 Å². The van der Waals surface area contributed by atoms with Crippen LogP contribution in [0.5, 0.6) is 11.5 Å². The SMILES string of the molecule is CCOc1ccccc1[C](c1ccccc1)c1ccccc1OCC. The van der Waals surface area contributed by atoms with Crippen molar-refractivity contribution in [3.8, 4) is 11.5 Å². The number of ether oxygens (including phenoxy) is 2. The van der Waals surface area contributed by atoms with Crippen molar-refractivity contribution >= 4 is 0 Å². The van der Waals surface area contributed by atoms with Crippen molar-refractivity contribution in [3.63, 3.8) is 0 Å². The fourth-order valence-electron chi connectivity index (χ4n) is 2.97. The molecule has 0 fully saturated rings. The first-order valence-corrected chi connectivity index (χ1v) is 8.72. The van der Waals surface area contributed by atoms with Gasteiger partial charge in [-0.2, -0.15) is 0 Å². The Bertz CT molecular complexity index is 746. The summed E-state index contributed by atoms with van der Waals surface area (Å²) >= 11 is 0. The lowest BCUT2D eigenvalue weighted by atomic mass is 9.84. The van der Waals surface area contributed by atoms with Crippen LogP contribution in [0.2, 0.25) is 0 Å². The highest BCUT2D eigenvalue weighted by Gasteiger charge is 2.24. The van der Waals surface area contributed by atoms with Crippen LogP contribution in [0.1, 0.15) is 30.5 Å². The van der Waals surface area contributed by atoms with Crippen LogP contribution in [-0.4, -0.2) is 13.2 Å². The van der Waals surface area contributed by atoms with Crippen molar-refractivity contribution in [2.45, 2.75) is 13.8 Å². The minimum Gasteiger partial charge on any atom is -0.494 e. The highest BCUT2D eigenvalue weighted by molar-refractivity contribution is 5.64. The van der Waals surface area contributed by atoms with Crippen LogP contribution in [0.3, 0.4) is 0 Å². The van der Waals surface area contributed by atoms with Gasteiger partial charge < -0.3 is 9.47 Å². The van der Waals surface area contributed by atoms with Crippen molar-refractivity contribution in [1.82, 2.24) is 0 Å². The molecule has 3 aromatic carbocycles. The molecule has 0 aliphatic rings. The summed E-state index contributed by atoms with van der Waals surface area (Å²) in [6, 6.07) is 26.8. The van der Waals surface area contributed by atoms with Crippen molar-refractivity contribution in [3.05, 3.63) is 101 Å². The molecule has 2 nitrogen and oxygen atoms in total. The second-order valence-electron chi connectivity index (χ2n) is 5.60. The zero-order valence-electron chi connectivity index (χ0n) is 14.7. The Hall–Kier alpha value is -2.74. The second-order valence-corrected chi connectivity index (χ2v) is 5.60. The first-order valence-electron chi connectivity index (χ1n) is 8.72. The molecule has 0 N–H and O–H groups in total. The van der Waals surface area contributed by atoms with Gasteiger partial charge in [-0.1, -0.05) is 66.7 Å². The fourth-order valence-corrected chi connectivity index (χ4v) is 2.97. The van der Waals surface area contributed by atoms with Gasteiger partial charge >= 0.3 is 0 Å². The molecular weight excluding hydrogens is 308 g/mol. The number of para-hydroxylation sites is 2. The molecule has 0 bridgehead atoms. The summed E-state index contributed by atoms with van der Waals surface area (Å²) in [6.45, 7) is 5.28. The van der Waals surface area contributed by atoms with E-state index >= 15 is 0 Å². The zero-order valence-corrected chi connectivity index (χ0v) is 14.7. The van der Waals surface area contributed by atoms with E-state index in [4.69, 9.17) is 9.47 Å². The van der Waals surface area contributed by atoms with E-state index in [2.05, 4.69) is 36.4 Å². The average Bonchev–Trinajstić information content (AvgIpc) is 2.66. The van der Waals surface area contributed by atoms with Crippen LogP contribution >= 0.6 is 0 Å². The normalized spacial score (nSPS) is 10.7. The van der Waals surface area contributed by atoms with E-state index in [0.29, 0.717) is 13.2 Å². The molecule has 25 heavy (non-hydrogen) atoms. The molecule has 2 heteroatoms. The van der Waals surface area contributed by atoms with Gasteiger partial charge in [0.25, 0.3) is 0 Å². The van der Waals surface area contributed by atoms with E-state index in [1.807, 2.05) is 56.3 Å². The predicted molar refractivity (Wildman–Crippen MR) is 102 cm³/mol. The van der Waals surface area contributed by atoms with Gasteiger partial charge in [-0.25, -0.2) is 0 Å². The highest BCUT2D eigenvalue weighted by Crippen LogP contribution is 2.40. The van der Waals surface area contributed by atoms with Crippen LogP contribution in [0, 0.1) is 5.92 Å². The summed E-state index contributed by atoms with van der Waals surface area (Å²) < 4.78 is 11.8. The van der Waals surface area contributed by atoms with Crippen LogP contribution in [0.25, 0.3) is 0 Å². The monoisotopic (exact) mass is 331 g/mol. The van der Waals surface area contributed by atoms with Gasteiger partial charge in [0.1, 0.15) is 11.5 Å². The third kappa shape index (κ3) is 3.85. The Balaban J connectivity index is 2.19.